The first-order valence-electron chi connectivity index (χ1n) is 13.3. The average Bonchev–Trinajstić information content (AvgIpc) is 3.55. The Balaban J connectivity index is 1.25. The number of piperidine rings is 1. The molecule has 4 fully saturated rings. The number of hydrogen-bond donors (Lipinski definition) is 1. The largest absolute Gasteiger partial charge is 0.377 e. The van der Waals surface area contributed by atoms with Crippen molar-refractivity contribution in [1.29, 1.82) is 0 Å². The number of rotatable bonds is 6. The molecule has 2 amide bonds. The Kier molecular flexibility index (Phi) is 6.96. The zero-order chi connectivity index (χ0) is 25.6. The summed E-state index contributed by atoms with van der Waals surface area (Å²) in [5, 5.41) is 2.97. The first-order valence-corrected chi connectivity index (χ1v) is 13.3. The zero-order valence-corrected chi connectivity index (χ0v) is 21.9. The summed E-state index contributed by atoms with van der Waals surface area (Å²) < 4.78 is 11.1. The number of amides is 2. The maximum Gasteiger partial charge on any atom is 0.251 e. The van der Waals surface area contributed by atoms with Gasteiger partial charge >= 0.3 is 0 Å². The Morgan fingerprint density at radius 1 is 1.08 bits per heavy atom. The molecule has 196 valence electrons. The molecule has 1 saturated carbocycles. The number of carbonyl (C=O) groups is 3. The molecule has 3 saturated heterocycles. The van der Waals surface area contributed by atoms with Crippen LogP contribution in [0.25, 0.3) is 0 Å². The van der Waals surface area contributed by atoms with Crippen molar-refractivity contribution in [1.82, 2.24) is 15.1 Å². The lowest BCUT2D eigenvalue weighted by Gasteiger charge is -2.35. The van der Waals surface area contributed by atoms with Gasteiger partial charge in [0, 0.05) is 18.7 Å². The molecule has 5 rings (SSSR count). The van der Waals surface area contributed by atoms with E-state index < -0.39 is 23.6 Å². The Morgan fingerprint density at radius 2 is 1.75 bits per heavy atom. The lowest BCUT2D eigenvalue weighted by Crippen LogP contribution is -2.57. The number of nitrogens with zero attached hydrogens (tertiary/aromatic N) is 2. The highest BCUT2D eigenvalue weighted by Gasteiger charge is 2.54. The topological polar surface area (TPSA) is 88.2 Å². The predicted molar refractivity (Wildman–Crippen MR) is 135 cm³/mol. The molecule has 1 aromatic rings. The molecule has 1 N–H and O–H groups in total. The number of methoxy groups -OCH3 is 1. The van der Waals surface area contributed by atoms with E-state index in [0.717, 1.165) is 32.0 Å². The number of likely N-dealkylation sites (tertiary alicyclic amines) is 2. The van der Waals surface area contributed by atoms with E-state index in [-0.39, 0.29) is 36.9 Å². The Labute approximate surface area is 213 Å². The normalized spacial score (nSPS) is 28.3. The summed E-state index contributed by atoms with van der Waals surface area (Å²) in [6, 6.07) is 7.22. The van der Waals surface area contributed by atoms with Gasteiger partial charge in [-0.1, -0.05) is 32.9 Å². The van der Waals surface area contributed by atoms with Crippen LogP contribution in [0.2, 0.25) is 0 Å². The smallest absolute Gasteiger partial charge is 0.251 e. The predicted octanol–water partition coefficient (Wildman–Crippen LogP) is 2.37. The van der Waals surface area contributed by atoms with Gasteiger partial charge in [-0.15, -0.1) is 0 Å². The van der Waals surface area contributed by atoms with Gasteiger partial charge in [-0.05, 0) is 67.8 Å². The maximum absolute atomic E-state index is 13.7. The standard InChI is InChI=1S/C28H39N3O5/c1-28(2,3)25(27(34)31-15-22(35-4)24-23(31)21(32)16-36-24)29-26(33)19-7-5-17(6-8-19)18-11-13-30(14-12-18)20-9-10-20/h5-8,18,20,22-25H,9-16H2,1-4H3,(H,29,33)/t22-,23-,24-,25-/m1/s1. The number of Topliss-reactive ketones (excluding diaryl/α,β-unsaturated/α-hetero) is 1. The number of hydrogen-bond acceptors (Lipinski definition) is 6. The lowest BCUT2D eigenvalue weighted by molar-refractivity contribution is -0.140. The summed E-state index contributed by atoms with van der Waals surface area (Å²) in [5.74, 6) is -0.149. The first-order chi connectivity index (χ1) is 17.2. The van der Waals surface area contributed by atoms with Gasteiger partial charge in [-0.2, -0.15) is 0 Å². The molecule has 0 radical (unpaired) electrons. The molecule has 0 aromatic heterocycles. The Morgan fingerprint density at radius 3 is 2.33 bits per heavy atom. The monoisotopic (exact) mass is 497 g/mol. The van der Waals surface area contributed by atoms with Gasteiger partial charge < -0.3 is 24.6 Å². The maximum atomic E-state index is 13.7. The second-order valence-corrected chi connectivity index (χ2v) is 11.9. The second kappa shape index (κ2) is 9.88. The third kappa shape index (κ3) is 4.95. The fourth-order valence-corrected chi connectivity index (χ4v) is 6.02. The van der Waals surface area contributed by atoms with Crippen molar-refractivity contribution < 1.29 is 23.9 Å². The molecule has 8 heteroatoms. The van der Waals surface area contributed by atoms with E-state index in [4.69, 9.17) is 9.47 Å². The van der Waals surface area contributed by atoms with Gasteiger partial charge in [-0.3, -0.25) is 14.4 Å². The van der Waals surface area contributed by atoms with Crippen LogP contribution in [0.3, 0.4) is 0 Å². The van der Waals surface area contributed by atoms with E-state index in [1.807, 2.05) is 32.9 Å². The molecular weight excluding hydrogens is 458 g/mol. The van der Waals surface area contributed by atoms with Crippen LogP contribution in [-0.2, 0) is 19.1 Å². The molecular formula is C28H39N3O5. The quantitative estimate of drug-likeness (QED) is 0.649. The molecule has 36 heavy (non-hydrogen) atoms. The number of carbonyl (C=O) groups excluding carboxylic acids is 3. The fourth-order valence-electron chi connectivity index (χ4n) is 6.02. The number of ether oxygens (including phenoxy) is 2. The van der Waals surface area contributed by atoms with E-state index >= 15 is 0 Å². The van der Waals surface area contributed by atoms with Crippen molar-refractivity contribution in [3.05, 3.63) is 35.4 Å². The van der Waals surface area contributed by atoms with Crippen LogP contribution in [0, 0.1) is 5.41 Å². The fraction of sp³-hybridized carbons (Fsp3) is 0.679. The van der Waals surface area contributed by atoms with Crippen molar-refractivity contribution in [2.24, 2.45) is 5.41 Å². The minimum Gasteiger partial charge on any atom is -0.377 e. The van der Waals surface area contributed by atoms with Gasteiger partial charge in [0.2, 0.25) is 5.91 Å². The van der Waals surface area contributed by atoms with E-state index in [9.17, 15) is 14.4 Å². The summed E-state index contributed by atoms with van der Waals surface area (Å²) in [5.41, 5.74) is 1.26. The third-order valence-electron chi connectivity index (χ3n) is 8.35. The van der Waals surface area contributed by atoms with Crippen LogP contribution < -0.4 is 5.32 Å². The SMILES string of the molecule is CO[C@@H]1CN(C(=O)[C@@H](NC(=O)c2ccc(C3CCN(C4CC4)CC3)cc2)C(C)(C)C)[C@@H]2C(=O)CO[C@@H]21. The number of fused-ring (bicyclic) bond motifs is 1. The van der Waals surface area contributed by atoms with Gasteiger partial charge in [-0.25, -0.2) is 0 Å². The number of benzene rings is 1. The second-order valence-electron chi connectivity index (χ2n) is 11.9. The van der Waals surface area contributed by atoms with Crippen LogP contribution in [0.5, 0.6) is 0 Å². The Hall–Kier alpha value is -2.29. The molecule has 4 atom stereocenters. The number of ketones is 1. The minimum absolute atomic E-state index is 0.0164. The van der Waals surface area contributed by atoms with Crippen LogP contribution >= 0.6 is 0 Å². The summed E-state index contributed by atoms with van der Waals surface area (Å²) in [7, 11) is 1.56. The van der Waals surface area contributed by atoms with E-state index in [1.54, 1.807) is 12.0 Å². The van der Waals surface area contributed by atoms with Crippen LogP contribution in [0.1, 0.15) is 68.3 Å². The molecule has 0 bridgehead atoms. The highest BCUT2D eigenvalue weighted by Crippen LogP contribution is 2.35. The molecule has 8 nitrogen and oxygen atoms in total. The molecule has 0 unspecified atom stereocenters. The Bertz CT molecular complexity index is 991. The van der Waals surface area contributed by atoms with Crippen molar-refractivity contribution in [2.75, 3.05) is 33.4 Å². The molecule has 3 heterocycles. The molecule has 0 spiro atoms. The molecule has 1 aromatic carbocycles. The number of nitrogens with one attached hydrogen (secondary N) is 1. The molecule has 1 aliphatic carbocycles. The van der Waals surface area contributed by atoms with E-state index in [0.29, 0.717) is 11.5 Å². The van der Waals surface area contributed by atoms with Gasteiger partial charge in [0.15, 0.2) is 5.78 Å². The van der Waals surface area contributed by atoms with Crippen molar-refractivity contribution in [3.63, 3.8) is 0 Å². The lowest BCUT2D eigenvalue weighted by atomic mass is 9.85. The van der Waals surface area contributed by atoms with E-state index in [2.05, 4.69) is 22.3 Å². The van der Waals surface area contributed by atoms with Crippen molar-refractivity contribution in [3.8, 4) is 0 Å². The highest BCUT2D eigenvalue weighted by molar-refractivity contribution is 5.99. The van der Waals surface area contributed by atoms with Gasteiger partial charge in [0.1, 0.15) is 30.9 Å². The molecule has 3 aliphatic heterocycles. The summed E-state index contributed by atoms with van der Waals surface area (Å²) in [4.78, 5) is 43.6. The minimum atomic E-state index is -0.791. The van der Waals surface area contributed by atoms with Gasteiger partial charge in [0.25, 0.3) is 5.91 Å². The first kappa shape index (κ1) is 25.4. The summed E-state index contributed by atoms with van der Waals surface area (Å²) in [6.07, 6.45) is 4.21. The zero-order valence-electron chi connectivity index (χ0n) is 21.9. The average molecular weight is 498 g/mol. The van der Waals surface area contributed by atoms with Crippen LogP contribution in [0.15, 0.2) is 24.3 Å². The van der Waals surface area contributed by atoms with Gasteiger partial charge in [0.05, 0.1) is 6.54 Å². The third-order valence-corrected chi connectivity index (χ3v) is 8.35. The summed E-state index contributed by atoms with van der Waals surface area (Å²) in [6.45, 7) is 8.32. The van der Waals surface area contributed by atoms with Crippen LogP contribution in [-0.4, -0.2) is 91.1 Å². The molecule has 4 aliphatic rings. The highest BCUT2D eigenvalue weighted by atomic mass is 16.5. The van der Waals surface area contributed by atoms with Crippen molar-refractivity contribution in [2.45, 2.75) is 82.7 Å². The van der Waals surface area contributed by atoms with Crippen LogP contribution in [0.4, 0.5) is 0 Å². The van der Waals surface area contributed by atoms with Crippen molar-refractivity contribution >= 4 is 17.6 Å². The van der Waals surface area contributed by atoms with E-state index in [1.165, 1.54) is 18.4 Å². The summed E-state index contributed by atoms with van der Waals surface area (Å²) >= 11 is 0.